The third-order valence-corrected chi connectivity index (χ3v) is 5.95. The number of aromatic nitrogens is 1. The van der Waals surface area contributed by atoms with Gasteiger partial charge in [-0.05, 0) is 30.9 Å². The van der Waals surface area contributed by atoms with Crippen molar-refractivity contribution in [1.29, 1.82) is 0 Å². The van der Waals surface area contributed by atoms with Crippen LogP contribution in [0.3, 0.4) is 0 Å². The molecule has 1 aliphatic heterocycles. The first-order chi connectivity index (χ1) is 10.0. The summed E-state index contributed by atoms with van der Waals surface area (Å²) in [5.74, 6) is 2.23. The number of nitrogens with one attached hydrogen (secondary N) is 1. The van der Waals surface area contributed by atoms with E-state index < -0.39 is 0 Å². The Balaban J connectivity index is 1.70. The lowest BCUT2D eigenvalue weighted by atomic mass is 10.1. The van der Waals surface area contributed by atoms with Gasteiger partial charge in [-0.15, -0.1) is 0 Å². The molecule has 0 aromatic carbocycles. The largest absolute Gasteiger partial charge is 0.356 e. The van der Waals surface area contributed by atoms with Crippen LogP contribution in [0.5, 0.6) is 0 Å². The summed E-state index contributed by atoms with van der Waals surface area (Å²) < 4.78 is 0.373. The number of nitrogens with zero attached hydrogens (tertiary/aromatic N) is 2. The van der Waals surface area contributed by atoms with Gasteiger partial charge in [0, 0.05) is 42.4 Å². The second kappa shape index (κ2) is 6.35. The van der Waals surface area contributed by atoms with Crippen molar-refractivity contribution in [1.82, 2.24) is 10.3 Å². The van der Waals surface area contributed by atoms with E-state index in [2.05, 4.69) is 46.9 Å². The van der Waals surface area contributed by atoms with Crippen molar-refractivity contribution in [2.45, 2.75) is 50.4 Å². The van der Waals surface area contributed by atoms with Crippen LogP contribution in [0.1, 0.15) is 38.7 Å². The Bertz CT molecular complexity index is 502. The van der Waals surface area contributed by atoms with Gasteiger partial charge in [0.05, 0.1) is 5.02 Å². The van der Waals surface area contributed by atoms with E-state index in [1.807, 2.05) is 6.20 Å². The minimum Gasteiger partial charge on any atom is -0.356 e. The van der Waals surface area contributed by atoms with Gasteiger partial charge < -0.3 is 10.2 Å². The highest BCUT2D eigenvalue weighted by atomic mass is 35.5. The van der Waals surface area contributed by atoms with E-state index in [1.54, 1.807) is 0 Å². The monoisotopic (exact) mass is 325 g/mol. The molecule has 0 unspecified atom stereocenters. The van der Waals surface area contributed by atoms with Crippen molar-refractivity contribution in [2.24, 2.45) is 0 Å². The zero-order chi connectivity index (χ0) is 14.9. The number of hydrogen-bond donors (Lipinski definition) is 1. The van der Waals surface area contributed by atoms with Crippen molar-refractivity contribution in [3.63, 3.8) is 0 Å². The molecule has 21 heavy (non-hydrogen) atoms. The molecule has 2 aliphatic rings. The van der Waals surface area contributed by atoms with E-state index in [9.17, 15) is 0 Å². The van der Waals surface area contributed by atoms with Crippen molar-refractivity contribution in [3.8, 4) is 0 Å². The lowest BCUT2D eigenvalue weighted by molar-refractivity contribution is 0.634. The fraction of sp³-hybridized carbons (Fsp3) is 0.688. The zero-order valence-corrected chi connectivity index (χ0v) is 14.4. The summed E-state index contributed by atoms with van der Waals surface area (Å²) >= 11 is 8.35. The van der Waals surface area contributed by atoms with E-state index in [1.165, 1.54) is 24.8 Å². The highest BCUT2D eigenvalue weighted by molar-refractivity contribution is 8.00. The molecule has 1 aromatic rings. The molecule has 1 aromatic heterocycles. The van der Waals surface area contributed by atoms with Crippen LogP contribution in [0.25, 0.3) is 0 Å². The van der Waals surface area contributed by atoms with Crippen LogP contribution in [0.4, 0.5) is 5.82 Å². The van der Waals surface area contributed by atoms with Gasteiger partial charge in [-0.3, -0.25) is 0 Å². The van der Waals surface area contributed by atoms with E-state index in [4.69, 9.17) is 11.6 Å². The predicted octanol–water partition coefficient (Wildman–Crippen LogP) is 3.71. The van der Waals surface area contributed by atoms with Crippen LogP contribution in [0.2, 0.25) is 5.02 Å². The number of halogens is 1. The molecule has 0 bridgehead atoms. The first-order valence-electron chi connectivity index (χ1n) is 7.80. The highest BCUT2D eigenvalue weighted by Crippen LogP contribution is 2.32. The molecular weight excluding hydrogens is 302 g/mol. The maximum absolute atomic E-state index is 6.29. The lowest BCUT2D eigenvalue weighted by Gasteiger charge is -2.24. The minimum absolute atomic E-state index is 0.373. The fourth-order valence-electron chi connectivity index (χ4n) is 2.57. The van der Waals surface area contributed by atoms with Gasteiger partial charge in [-0.1, -0.05) is 25.4 Å². The van der Waals surface area contributed by atoms with Gasteiger partial charge >= 0.3 is 0 Å². The maximum Gasteiger partial charge on any atom is 0.128 e. The van der Waals surface area contributed by atoms with Crippen LogP contribution in [-0.2, 0) is 6.54 Å². The molecule has 3 nitrogen and oxygen atoms in total. The topological polar surface area (TPSA) is 28.2 Å². The summed E-state index contributed by atoms with van der Waals surface area (Å²) in [5.41, 5.74) is 1.17. The summed E-state index contributed by atoms with van der Waals surface area (Å²) in [6.45, 7) is 7.67. The van der Waals surface area contributed by atoms with Crippen LogP contribution >= 0.6 is 23.4 Å². The first kappa shape index (κ1) is 15.4. The second-order valence-electron chi connectivity index (χ2n) is 6.63. The smallest absolute Gasteiger partial charge is 0.128 e. The minimum atomic E-state index is 0.373. The standard InChI is InChI=1S/C16H24ClN3S/c1-16(2)5-6-20(7-8-21-16)15-9-12(14(17)11-19-15)10-18-13-3-4-13/h9,11,13,18H,3-8,10H2,1-2H3. The molecule has 0 atom stereocenters. The van der Waals surface area contributed by atoms with Gasteiger partial charge in [-0.25, -0.2) is 4.98 Å². The Morgan fingerprint density at radius 1 is 1.43 bits per heavy atom. The van der Waals surface area contributed by atoms with E-state index in [0.717, 1.165) is 36.2 Å². The quantitative estimate of drug-likeness (QED) is 0.913. The normalized spacial score (nSPS) is 22.1. The molecule has 0 amide bonds. The van der Waals surface area contributed by atoms with Gasteiger partial charge in [0.2, 0.25) is 0 Å². The third-order valence-electron chi connectivity index (χ3n) is 4.24. The van der Waals surface area contributed by atoms with E-state index >= 15 is 0 Å². The average Bonchev–Trinajstić information content (AvgIpc) is 3.26. The van der Waals surface area contributed by atoms with Crippen LogP contribution < -0.4 is 10.2 Å². The van der Waals surface area contributed by atoms with Crippen molar-refractivity contribution in [2.75, 3.05) is 23.7 Å². The molecule has 2 fully saturated rings. The van der Waals surface area contributed by atoms with Gasteiger partial charge in [-0.2, -0.15) is 11.8 Å². The molecule has 1 N–H and O–H groups in total. The first-order valence-corrected chi connectivity index (χ1v) is 9.17. The Morgan fingerprint density at radius 3 is 3.00 bits per heavy atom. The van der Waals surface area contributed by atoms with E-state index in [-0.39, 0.29) is 0 Å². The Morgan fingerprint density at radius 2 is 2.24 bits per heavy atom. The molecule has 0 radical (unpaired) electrons. The summed E-state index contributed by atoms with van der Waals surface area (Å²) in [5, 5.41) is 4.31. The van der Waals surface area contributed by atoms with Crippen LogP contribution in [0.15, 0.2) is 12.3 Å². The van der Waals surface area contributed by atoms with Crippen molar-refractivity contribution < 1.29 is 0 Å². The Hall–Kier alpha value is -0.450. The fourth-order valence-corrected chi connectivity index (χ4v) is 3.84. The highest BCUT2D eigenvalue weighted by Gasteiger charge is 2.25. The second-order valence-corrected chi connectivity index (χ2v) is 8.84. The number of thioether (sulfide) groups is 1. The average molecular weight is 326 g/mol. The van der Waals surface area contributed by atoms with Gasteiger partial charge in [0.25, 0.3) is 0 Å². The molecule has 5 heteroatoms. The lowest BCUT2D eigenvalue weighted by Crippen LogP contribution is -2.28. The molecule has 2 heterocycles. The van der Waals surface area contributed by atoms with Crippen molar-refractivity contribution in [3.05, 3.63) is 22.8 Å². The van der Waals surface area contributed by atoms with Gasteiger partial charge in [0.15, 0.2) is 0 Å². The maximum atomic E-state index is 6.29. The molecular formula is C16H24ClN3S. The Labute approximate surface area is 136 Å². The number of rotatable bonds is 4. The van der Waals surface area contributed by atoms with Crippen molar-refractivity contribution >= 4 is 29.2 Å². The van der Waals surface area contributed by atoms with Gasteiger partial charge in [0.1, 0.15) is 5.82 Å². The zero-order valence-electron chi connectivity index (χ0n) is 12.9. The summed E-state index contributed by atoms with van der Waals surface area (Å²) in [4.78, 5) is 6.95. The molecule has 0 spiro atoms. The summed E-state index contributed by atoms with van der Waals surface area (Å²) in [6, 6.07) is 2.87. The number of pyridine rings is 1. The molecule has 116 valence electrons. The van der Waals surface area contributed by atoms with E-state index in [0.29, 0.717) is 10.8 Å². The summed E-state index contributed by atoms with van der Waals surface area (Å²) in [7, 11) is 0. The molecule has 1 aliphatic carbocycles. The predicted molar refractivity (Wildman–Crippen MR) is 92.5 cm³/mol. The number of anilines is 1. The van der Waals surface area contributed by atoms with Crippen LogP contribution in [0, 0.1) is 0 Å². The Kier molecular flexibility index (Phi) is 4.67. The summed E-state index contributed by atoms with van der Waals surface area (Å²) in [6.07, 6.45) is 5.60. The SMILES string of the molecule is CC1(C)CCN(c2cc(CNC3CC3)c(Cl)cn2)CCS1. The molecule has 3 rings (SSSR count). The molecule has 1 saturated heterocycles. The van der Waals surface area contributed by atoms with Crippen LogP contribution in [-0.4, -0.2) is 34.6 Å². The molecule has 1 saturated carbocycles. The third kappa shape index (κ3) is 4.27. The number of hydrogen-bond acceptors (Lipinski definition) is 4.